The minimum Gasteiger partial charge on any atom is -0.459 e. The van der Waals surface area contributed by atoms with Crippen LogP contribution in [0, 0.1) is 6.92 Å². The lowest BCUT2D eigenvalue weighted by molar-refractivity contribution is 0.0997. The lowest BCUT2D eigenvalue weighted by Crippen LogP contribution is -2.12. The summed E-state index contributed by atoms with van der Waals surface area (Å²) in [5, 5.41) is 2.82. The van der Waals surface area contributed by atoms with Gasteiger partial charge in [0.1, 0.15) is 11.6 Å². The number of carbonyl (C=O) groups is 1. The van der Waals surface area contributed by atoms with Crippen molar-refractivity contribution in [1.82, 2.24) is 14.5 Å². The van der Waals surface area contributed by atoms with Crippen LogP contribution in [0.15, 0.2) is 77.8 Å². The molecule has 6 nitrogen and oxygen atoms in total. The molecule has 4 rings (SSSR count). The highest BCUT2D eigenvalue weighted by Crippen LogP contribution is 2.25. The van der Waals surface area contributed by atoms with E-state index in [4.69, 9.17) is 4.42 Å². The Kier molecular flexibility index (Phi) is 4.07. The second-order valence-corrected chi connectivity index (χ2v) is 5.73. The summed E-state index contributed by atoms with van der Waals surface area (Å²) in [6, 6.07) is 15.0. The Morgan fingerprint density at radius 2 is 1.92 bits per heavy atom. The number of anilines is 1. The molecule has 0 bridgehead atoms. The zero-order chi connectivity index (χ0) is 17.9. The molecule has 26 heavy (non-hydrogen) atoms. The van der Waals surface area contributed by atoms with Crippen LogP contribution in [0.4, 0.5) is 5.69 Å². The smallest absolute Gasteiger partial charge is 0.292 e. The number of aryl methyl sites for hydroxylation is 1. The van der Waals surface area contributed by atoms with Gasteiger partial charge in [0.05, 0.1) is 18.1 Å². The molecule has 1 aromatic carbocycles. The van der Waals surface area contributed by atoms with E-state index in [0.29, 0.717) is 5.69 Å². The van der Waals surface area contributed by atoms with Crippen molar-refractivity contribution in [2.45, 2.75) is 6.92 Å². The van der Waals surface area contributed by atoms with Crippen LogP contribution in [-0.2, 0) is 0 Å². The van der Waals surface area contributed by atoms with E-state index in [1.807, 2.05) is 54.1 Å². The molecule has 128 valence electrons. The number of rotatable bonds is 4. The molecule has 0 saturated heterocycles. The summed E-state index contributed by atoms with van der Waals surface area (Å²) >= 11 is 0. The Balaban J connectivity index is 1.54. The average molecular weight is 344 g/mol. The first-order valence-electron chi connectivity index (χ1n) is 8.13. The number of pyridine rings is 1. The van der Waals surface area contributed by atoms with Crippen molar-refractivity contribution in [2.75, 3.05) is 5.32 Å². The van der Waals surface area contributed by atoms with E-state index < -0.39 is 0 Å². The van der Waals surface area contributed by atoms with Crippen LogP contribution in [0.1, 0.15) is 16.4 Å². The molecule has 4 aromatic rings. The molecule has 0 aliphatic heterocycles. The van der Waals surface area contributed by atoms with Gasteiger partial charge in [-0.1, -0.05) is 30.3 Å². The molecule has 0 atom stereocenters. The summed E-state index contributed by atoms with van der Waals surface area (Å²) < 4.78 is 7.27. The lowest BCUT2D eigenvalue weighted by atomic mass is 10.1. The van der Waals surface area contributed by atoms with Crippen molar-refractivity contribution in [3.05, 3.63) is 85.0 Å². The molecular weight excluding hydrogens is 328 g/mol. The van der Waals surface area contributed by atoms with Gasteiger partial charge < -0.3 is 9.73 Å². The second-order valence-electron chi connectivity index (χ2n) is 5.73. The molecule has 3 aromatic heterocycles. The van der Waals surface area contributed by atoms with Gasteiger partial charge in [0.15, 0.2) is 5.76 Å². The van der Waals surface area contributed by atoms with Crippen LogP contribution >= 0.6 is 0 Å². The Morgan fingerprint density at radius 1 is 1.08 bits per heavy atom. The van der Waals surface area contributed by atoms with Crippen molar-refractivity contribution in [3.8, 4) is 16.9 Å². The number of imidazole rings is 1. The zero-order valence-corrected chi connectivity index (χ0v) is 14.1. The average Bonchev–Trinajstić information content (AvgIpc) is 3.32. The fourth-order valence-corrected chi connectivity index (χ4v) is 2.74. The third kappa shape index (κ3) is 3.00. The molecule has 0 aliphatic carbocycles. The zero-order valence-electron chi connectivity index (χ0n) is 14.1. The molecule has 0 spiro atoms. The molecule has 1 N–H and O–H groups in total. The van der Waals surface area contributed by atoms with E-state index in [1.54, 1.807) is 24.5 Å². The predicted molar refractivity (Wildman–Crippen MR) is 98.2 cm³/mol. The first-order chi connectivity index (χ1) is 12.7. The van der Waals surface area contributed by atoms with E-state index in [9.17, 15) is 4.79 Å². The third-order valence-corrected chi connectivity index (χ3v) is 4.03. The molecule has 0 saturated carbocycles. The van der Waals surface area contributed by atoms with E-state index in [-0.39, 0.29) is 11.7 Å². The number of amides is 1. The normalized spacial score (nSPS) is 10.7. The SMILES string of the molecule is Cc1nccn1-c1ccc(NC(=O)c2occc2-c2ccccc2)cn1. The molecule has 1 amide bonds. The summed E-state index contributed by atoms with van der Waals surface area (Å²) in [7, 11) is 0. The maximum absolute atomic E-state index is 12.6. The molecular formula is C20H16N4O2. The molecule has 3 heterocycles. The highest BCUT2D eigenvalue weighted by Gasteiger charge is 2.17. The Hall–Kier alpha value is -3.67. The van der Waals surface area contributed by atoms with Crippen molar-refractivity contribution < 1.29 is 9.21 Å². The monoisotopic (exact) mass is 344 g/mol. The van der Waals surface area contributed by atoms with Gasteiger partial charge in [-0.05, 0) is 30.7 Å². The number of furan rings is 1. The third-order valence-electron chi connectivity index (χ3n) is 4.03. The fourth-order valence-electron chi connectivity index (χ4n) is 2.74. The number of carbonyl (C=O) groups excluding carboxylic acids is 1. The van der Waals surface area contributed by atoms with Gasteiger partial charge in [-0.25, -0.2) is 9.97 Å². The van der Waals surface area contributed by atoms with Crippen molar-refractivity contribution in [3.63, 3.8) is 0 Å². The fraction of sp³-hybridized carbons (Fsp3) is 0.0500. The van der Waals surface area contributed by atoms with Gasteiger partial charge in [0.25, 0.3) is 5.91 Å². The molecule has 0 unspecified atom stereocenters. The standard InChI is InChI=1S/C20H16N4O2/c1-14-21-10-11-24(14)18-8-7-16(13-22-18)23-20(25)19-17(9-12-26-19)15-5-3-2-4-6-15/h2-13H,1H3,(H,23,25). The number of benzene rings is 1. The van der Waals surface area contributed by atoms with Gasteiger partial charge in [-0.2, -0.15) is 0 Å². The van der Waals surface area contributed by atoms with Crippen LogP contribution in [0.3, 0.4) is 0 Å². The first-order valence-corrected chi connectivity index (χ1v) is 8.13. The summed E-state index contributed by atoms with van der Waals surface area (Å²) in [5.74, 6) is 1.53. The molecule has 6 heteroatoms. The van der Waals surface area contributed by atoms with Crippen LogP contribution in [-0.4, -0.2) is 20.4 Å². The number of hydrogen-bond donors (Lipinski definition) is 1. The van der Waals surface area contributed by atoms with Crippen LogP contribution in [0.5, 0.6) is 0 Å². The summed E-state index contributed by atoms with van der Waals surface area (Å²) in [6.07, 6.45) is 6.68. The van der Waals surface area contributed by atoms with E-state index >= 15 is 0 Å². The molecule has 0 radical (unpaired) electrons. The first kappa shape index (κ1) is 15.8. The number of nitrogens with zero attached hydrogens (tertiary/aromatic N) is 3. The Labute approximate surface area is 150 Å². The van der Waals surface area contributed by atoms with Crippen LogP contribution in [0.2, 0.25) is 0 Å². The molecule has 0 fully saturated rings. The van der Waals surface area contributed by atoms with Crippen molar-refractivity contribution >= 4 is 11.6 Å². The Bertz CT molecular complexity index is 1030. The summed E-state index contributed by atoms with van der Waals surface area (Å²) in [6.45, 7) is 1.90. The highest BCUT2D eigenvalue weighted by molar-refractivity contribution is 6.06. The predicted octanol–water partition coefficient (Wildman–Crippen LogP) is 4.09. The number of aromatic nitrogens is 3. The molecule has 0 aliphatic rings. The van der Waals surface area contributed by atoms with Gasteiger partial charge in [0.2, 0.25) is 0 Å². The van der Waals surface area contributed by atoms with Gasteiger partial charge in [0, 0.05) is 18.0 Å². The second kappa shape index (κ2) is 6.68. The number of nitrogens with one attached hydrogen (secondary N) is 1. The number of hydrogen-bond acceptors (Lipinski definition) is 4. The van der Waals surface area contributed by atoms with E-state index in [1.165, 1.54) is 6.26 Å². The Morgan fingerprint density at radius 3 is 2.62 bits per heavy atom. The lowest BCUT2D eigenvalue weighted by Gasteiger charge is -2.07. The van der Waals surface area contributed by atoms with Gasteiger partial charge in [-0.15, -0.1) is 0 Å². The maximum atomic E-state index is 12.6. The quantitative estimate of drug-likeness (QED) is 0.605. The van der Waals surface area contributed by atoms with E-state index in [2.05, 4.69) is 15.3 Å². The van der Waals surface area contributed by atoms with Gasteiger partial charge in [-0.3, -0.25) is 9.36 Å². The largest absolute Gasteiger partial charge is 0.459 e. The highest BCUT2D eigenvalue weighted by atomic mass is 16.3. The minimum absolute atomic E-state index is 0.269. The topological polar surface area (TPSA) is 73.0 Å². The summed E-state index contributed by atoms with van der Waals surface area (Å²) in [4.78, 5) is 21.1. The minimum atomic E-state index is -0.317. The maximum Gasteiger partial charge on any atom is 0.292 e. The summed E-state index contributed by atoms with van der Waals surface area (Å²) in [5.41, 5.74) is 2.27. The van der Waals surface area contributed by atoms with Crippen LogP contribution in [0.25, 0.3) is 16.9 Å². The van der Waals surface area contributed by atoms with Gasteiger partial charge >= 0.3 is 0 Å². The van der Waals surface area contributed by atoms with Crippen LogP contribution < -0.4 is 5.32 Å². The van der Waals surface area contributed by atoms with Crippen molar-refractivity contribution in [2.24, 2.45) is 0 Å². The van der Waals surface area contributed by atoms with E-state index in [0.717, 1.165) is 22.8 Å². The van der Waals surface area contributed by atoms with Crippen molar-refractivity contribution in [1.29, 1.82) is 0 Å².